The van der Waals surface area contributed by atoms with Crippen molar-refractivity contribution in [2.24, 2.45) is 5.73 Å². The molecule has 1 aromatic rings. The van der Waals surface area contributed by atoms with Crippen molar-refractivity contribution in [3.63, 3.8) is 0 Å². The second kappa shape index (κ2) is 6.20. The van der Waals surface area contributed by atoms with Crippen LogP contribution in [-0.2, 0) is 6.54 Å². The number of hydrogen-bond acceptors (Lipinski definition) is 4. The Labute approximate surface area is 96.3 Å². The fraction of sp³-hybridized carbons (Fsp3) is 0.727. The van der Waals surface area contributed by atoms with Gasteiger partial charge in [-0.25, -0.2) is 4.98 Å². The molecule has 86 valence electrons. The highest BCUT2D eigenvalue weighted by molar-refractivity contribution is 7.09. The van der Waals surface area contributed by atoms with E-state index in [4.69, 9.17) is 5.73 Å². The minimum Gasteiger partial charge on any atom is -0.329 e. The number of likely N-dealkylation sites (N-methyl/N-ethyl adjacent to an activating group) is 1. The molecule has 2 N–H and O–H groups in total. The van der Waals surface area contributed by atoms with E-state index in [2.05, 4.69) is 30.8 Å². The van der Waals surface area contributed by atoms with Crippen molar-refractivity contribution in [3.8, 4) is 0 Å². The van der Waals surface area contributed by atoms with Crippen molar-refractivity contribution >= 4 is 11.3 Å². The molecule has 1 rings (SSSR count). The Bertz CT molecular complexity index is 285. The van der Waals surface area contributed by atoms with E-state index >= 15 is 0 Å². The van der Waals surface area contributed by atoms with E-state index in [-0.39, 0.29) is 0 Å². The molecule has 0 bridgehead atoms. The molecule has 0 aliphatic carbocycles. The summed E-state index contributed by atoms with van der Waals surface area (Å²) in [5.41, 5.74) is 8.84. The zero-order chi connectivity index (χ0) is 11.3. The topological polar surface area (TPSA) is 42.1 Å². The van der Waals surface area contributed by atoms with Gasteiger partial charge in [0.15, 0.2) is 0 Å². The molecule has 1 unspecified atom stereocenters. The van der Waals surface area contributed by atoms with Gasteiger partial charge in [0, 0.05) is 24.0 Å². The first-order valence-electron chi connectivity index (χ1n) is 5.48. The first-order chi connectivity index (χ1) is 7.19. The first kappa shape index (κ1) is 12.6. The molecule has 0 aromatic carbocycles. The monoisotopic (exact) mass is 227 g/mol. The third kappa shape index (κ3) is 3.55. The van der Waals surface area contributed by atoms with Gasteiger partial charge in [0.1, 0.15) is 0 Å². The van der Waals surface area contributed by atoms with Crippen LogP contribution in [-0.4, -0.2) is 29.5 Å². The fourth-order valence-corrected chi connectivity index (χ4v) is 2.52. The van der Waals surface area contributed by atoms with Crippen LogP contribution in [0.15, 0.2) is 5.51 Å². The highest BCUT2D eigenvalue weighted by Crippen LogP contribution is 2.16. The van der Waals surface area contributed by atoms with Crippen LogP contribution in [0.3, 0.4) is 0 Å². The maximum absolute atomic E-state index is 5.77. The van der Waals surface area contributed by atoms with E-state index in [9.17, 15) is 0 Å². The molecule has 0 aliphatic rings. The van der Waals surface area contributed by atoms with Crippen LogP contribution >= 0.6 is 11.3 Å². The number of aryl methyl sites for hydroxylation is 1. The normalized spacial score (nSPS) is 13.4. The summed E-state index contributed by atoms with van der Waals surface area (Å²) in [7, 11) is 2.15. The van der Waals surface area contributed by atoms with Gasteiger partial charge in [0.05, 0.1) is 11.2 Å². The van der Waals surface area contributed by atoms with Crippen LogP contribution in [0.1, 0.15) is 30.3 Å². The number of nitrogens with two attached hydrogens (primary N) is 1. The van der Waals surface area contributed by atoms with Crippen LogP contribution < -0.4 is 5.73 Å². The molecule has 4 heteroatoms. The van der Waals surface area contributed by atoms with Gasteiger partial charge in [0.25, 0.3) is 0 Å². The summed E-state index contributed by atoms with van der Waals surface area (Å²) < 4.78 is 0. The Morgan fingerprint density at radius 3 is 2.80 bits per heavy atom. The zero-order valence-electron chi connectivity index (χ0n) is 9.86. The largest absolute Gasteiger partial charge is 0.329 e. The van der Waals surface area contributed by atoms with E-state index in [0.717, 1.165) is 18.8 Å². The molecule has 0 spiro atoms. The van der Waals surface area contributed by atoms with E-state index in [0.29, 0.717) is 6.04 Å². The van der Waals surface area contributed by atoms with Crippen molar-refractivity contribution in [3.05, 3.63) is 16.1 Å². The summed E-state index contributed by atoms with van der Waals surface area (Å²) >= 11 is 1.73. The van der Waals surface area contributed by atoms with E-state index in [1.165, 1.54) is 17.7 Å². The second-order valence-electron chi connectivity index (χ2n) is 3.95. The molecular weight excluding hydrogens is 206 g/mol. The van der Waals surface area contributed by atoms with E-state index < -0.39 is 0 Å². The Morgan fingerprint density at radius 1 is 1.60 bits per heavy atom. The molecule has 1 heterocycles. The molecule has 0 amide bonds. The molecular formula is C11H21N3S. The van der Waals surface area contributed by atoms with Crippen molar-refractivity contribution in [2.75, 3.05) is 13.6 Å². The highest BCUT2D eigenvalue weighted by atomic mass is 32.1. The van der Waals surface area contributed by atoms with Crippen LogP contribution in [0.5, 0.6) is 0 Å². The minimum atomic E-state index is 0.497. The van der Waals surface area contributed by atoms with Crippen molar-refractivity contribution in [2.45, 2.75) is 39.3 Å². The molecule has 3 nitrogen and oxygen atoms in total. The summed E-state index contributed by atoms with van der Waals surface area (Å²) in [5, 5.41) is 0. The molecule has 15 heavy (non-hydrogen) atoms. The van der Waals surface area contributed by atoms with E-state index in [1.807, 2.05) is 5.51 Å². The molecule has 0 aliphatic heterocycles. The molecule has 1 atom stereocenters. The molecule has 0 saturated heterocycles. The van der Waals surface area contributed by atoms with Gasteiger partial charge in [-0.3, -0.25) is 4.90 Å². The Hall–Kier alpha value is -0.450. The zero-order valence-corrected chi connectivity index (χ0v) is 10.7. The molecule has 0 saturated carbocycles. The average molecular weight is 227 g/mol. The molecule has 0 radical (unpaired) electrons. The quantitative estimate of drug-likeness (QED) is 0.808. The maximum Gasteiger partial charge on any atom is 0.0798 e. The lowest BCUT2D eigenvalue weighted by Gasteiger charge is -2.26. The summed E-state index contributed by atoms with van der Waals surface area (Å²) in [5.74, 6) is 0. The number of rotatable bonds is 6. The lowest BCUT2D eigenvalue weighted by atomic mass is 10.1. The minimum absolute atomic E-state index is 0.497. The standard InChI is InChI=1S/C11H21N3S/c1-4-5-10(6-12)14(3)7-11-9(2)13-8-15-11/h8,10H,4-7,12H2,1-3H3. The van der Waals surface area contributed by atoms with Crippen molar-refractivity contribution in [1.29, 1.82) is 0 Å². The third-order valence-corrected chi connectivity index (χ3v) is 3.68. The number of thiazole rings is 1. The summed E-state index contributed by atoms with van der Waals surface area (Å²) in [4.78, 5) is 7.95. The van der Waals surface area contributed by atoms with Crippen molar-refractivity contribution < 1.29 is 0 Å². The summed E-state index contributed by atoms with van der Waals surface area (Å²) in [6.45, 7) is 5.98. The van der Waals surface area contributed by atoms with Gasteiger partial charge in [-0.1, -0.05) is 13.3 Å². The van der Waals surface area contributed by atoms with Gasteiger partial charge < -0.3 is 5.73 Å². The highest BCUT2D eigenvalue weighted by Gasteiger charge is 2.13. The van der Waals surface area contributed by atoms with Gasteiger partial charge in [0.2, 0.25) is 0 Å². The smallest absolute Gasteiger partial charge is 0.0798 e. The summed E-state index contributed by atoms with van der Waals surface area (Å²) in [6, 6.07) is 0.497. The van der Waals surface area contributed by atoms with Crippen LogP contribution in [0, 0.1) is 6.92 Å². The fourth-order valence-electron chi connectivity index (χ4n) is 1.69. The van der Waals surface area contributed by atoms with Crippen LogP contribution in [0.4, 0.5) is 0 Å². The van der Waals surface area contributed by atoms with Gasteiger partial charge in [-0.05, 0) is 20.4 Å². The molecule has 0 fully saturated rings. The first-order valence-corrected chi connectivity index (χ1v) is 6.36. The van der Waals surface area contributed by atoms with Gasteiger partial charge >= 0.3 is 0 Å². The number of aromatic nitrogens is 1. The Morgan fingerprint density at radius 2 is 2.33 bits per heavy atom. The maximum atomic E-state index is 5.77. The summed E-state index contributed by atoms with van der Waals surface area (Å²) in [6.07, 6.45) is 2.36. The number of hydrogen-bond donors (Lipinski definition) is 1. The Kier molecular flexibility index (Phi) is 5.22. The SMILES string of the molecule is CCCC(CN)N(C)Cc1scnc1C. The average Bonchev–Trinajstić information content (AvgIpc) is 2.60. The van der Waals surface area contributed by atoms with Gasteiger partial charge in [-0.15, -0.1) is 11.3 Å². The predicted octanol–water partition coefficient (Wildman–Crippen LogP) is 2.01. The number of nitrogens with zero attached hydrogens (tertiary/aromatic N) is 2. The molecule has 1 aromatic heterocycles. The van der Waals surface area contributed by atoms with Crippen molar-refractivity contribution in [1.82, 2.24) is 9.88 Å². The predicted molar refractivity (Wildman–Crippen MR) is 66.1 cm³/mol. The van der Waals surface area contributed by atoms with Gasteiger partial charge in [-0.2, -0.15) is 0 Å². The second-order valence-corrected chi connectivity index (χ2v) is 4.89. The Balaban J connectivity index is 2.53. The van der Waals surface area contributed by atoms with Crippen LogP contribution in [0.2, 0.25) is 0 Å². The lowest BCUT2D eigenvalue weighted by molar-refractivity contribution is 0.227. The third-order valence-electron chi connectivity index (χ3n) is 2.76. The lowest BCUT2D eigenvalue weighted by Crippen LogP contribution is -2.37. The van der Waals surface area contributed by atoms with Crippen LogP contribution in [0.25, 0.3) is 0 Å². The van der Waals surface area contributed by atoms with E-state index in [1.54, 1.807) is 11.3 Å².